The molecule has 1 heterocycles. The third-order valence-electron chi connectivity index (χ3n) is 3.86. The summed E-state index contributed by atoms with van der Waals surface area (Å²) in [7, 11) is 2.17. The van der Waals surface area contributed by atoms with E-state index in [1.165, 1.54) is 32.1 Å². The molecule has 2 rings (SSSR count). The van der Waals surface area contributed by atoms with Gasteiger partial charge in [-0.3, -0.25) is 0 Å². The maximum atomic E-state index is 4.59. The van der Waals surface area contributed by atoms with Gasteiger partial charge in [0.2, 0.25) is 0 Å². The van der Waals surface area contributed by atoms with Crippen LogP contribution in [0.15, 0.2) is 6.07 Å². The number of nitrogens with zero attached hydrogens (tertiary/aromatic N) is 3. The van der Waals surface area contributed by atoms with Crippen molar-refractivity contribution >= 4 is 11.6 Å². The van der Waals surface area contributed by atoms with Crippen molar-refractivity contribution < 1.29 is 0 Å². The normalized spacial score (nSPS) is 16.4. The van der Waals surface area contributed by atoms with Gasteiger partial charge in [0, 0.05) is 25.7 Å². The van der Waals surface area contributed by atoms with Gasteiger partial charge in [0.05, 0.1) is 0 Å². The summed E-state index contributed by atoms with van der Waals surface area (Å²) >= 11 is 0. The second kappa shape index (κ2) is 6.73. The molecule has 1 aliphatic rings. The molecule has 1 saturated carbocycles. The van der Waals surface area contributed by atoms with Crippen LogP contribution in [0.2, 0.25) is 0 Å². The molecule has 0 unspecified atom stereocenters. The van der Waals surface area contributed by atoms with Crippen molar-refractivity contribution in [3.8, 4) is 0 Å². The van der Waals surface area contributed by atoms with Crippen molar-refractivity contribution in [2.75, 3.05) is 23.8 Å². The van der Waals surface area contributed by atoms with E-state index >= 15 is 0 Å². The lowest BCUT2D eigenvalue weighted by molar-refractivity contribution is 0.426. The Bertz CT molecular complexity index is 399. The number of aromatic nitrogens is 2. The minimum Gasteiger partial charge on any atom is -0.370 e. The molecule has 1 fully saturated rings. The molecule has 0 bridgehead atoms. The van der Waals surface area contributed by atoms with Crippen LogP contribution in [-0.2, 0) is 0 Å². The number of aryl methyl sites for hydroxylation is 1. The molecule has 4 heteroatoms. The van der Waals surface area contributed by atoms with E-state index in [9.17, 15) is 0 Å². The van der Waals surface area contributed by atoms with E-state index in [0.717, 1.165) is 30.4 Å². The highest BCUT2D eigenvalue weighted by molar-refractivity contribution is 5.49. The lowest BCUT2D eigenvalue weighted by Crippen LogP contribution is -2.34. The molecule has 1 aromatic rings. The van der Waals surface area contributed by atoms with Crippen molar-refractivity contribution in [3.05, 3.63) is 11.9 Å². The third-order valence-corrected chi connectivity index (χ3v) is 3.86. The van der Waals surface area contributed by atoms with Crippen LogP contribution in [-0.4, -0.2) is 29.6 Å². The largest absolute Gasteiger partial charge is 0.370 e. The summed E-state index contributed by atoms with van der Waals surface area (Å²) < 4.78 is 0. The number of rotatable bonds is 5. The lowest BCUT2D eigenvalue weighted by Gasteiger charge is -2.32. The summed E-state index contributed by atoms with van der Waals surface area (Å²) in [5, 5.41) is 3.36. The molecule has 0 spiro atoms. The minimum absolute atomic E-state index is 0.641. The van der Waals surface area contributed by atoms with Crippen LogP contribution in [0.5, 0.6) is 0 Å². The Hall–Kier alpha value is -1.32. The molecule has 19 heavy (non-hydrogen) atoms. The molecule has 4 nitrogen and oxygen atoms in total. The van der Waals surface area contributed by atoms with Crippen molar-refractivity contribution in [3.63, 3.8) is 0 Å². The highest BCUT2D eigenvalue weighted by Gasteiger charge is 2.19. The van der Waals surface area contributed by atoms with Gasteiger partial charge in [-0.15, -0.1) is 0 Å². The molecule has 1 N–H and O–H groups in total. The molecule has 1 aliphatic carbocycles. The van der Waals surface area contributed by atoms with E-state index in [-0.39, 0.29) is 0 Å². The maximum Gasteiger partial charge on any atom is 0.134 e. The molecule has 0 aromatic carbocycles. The summed E-state index contributed by atoms with van der Waals surface area (Å²) in [6.07, 6.45) is 7.77. The molecule has 0 amide bonds. The van der Waals surface area contributed by atoms with Gasteiger partial charge in [-0.2, -0.15) is 0 Å². The lowest BCUT2D eigenvalue weighted by atomic mass is 9.94. The monoisotopic (exact) mass is 262 g/mol. The number of nitrogens with one attached hydrogen (secondary N) is 1. The average molecular weight is 262 g/mol. The Balaban J connectivity index is 2.11. The van der Waals surface area contributed by atoms with Crippen molar-refractivity contribution in [1.82, 2.24) is 9.97 Å². The maximum absolute atomic E-state index is 4.59. The summed E-state index contributed by atoms with van der Waals surface area (Å²) in [4.78, 5) is 11.4. The zero-order valence-electron chi connectivity index (χ0n) is 12.4. The average Bonchev–Trinajstić information content (AvgIpc) is 2.44. The Morgan fingerprint density at radius 3 is 2.68 bits per heavy atom. The molecule has 0 radical (unpaired) electrons. The molecular weight excluding hydrogens is 236 g/mol. The summed E-state index contributed by atoms with van der Waals surface area (Å²) in [5.74, 6) is 2.85. The SMILES string of the molecule is CCCNc1cc(N(C)C2CCCCC2)nc(C)n1. The first-order valence-corrected chi connectivity index (χ1v) is 7.53. The van der Waals surface area contributed by atoms with E-state index < -0.39 is 0 Å². The fraction of sp³-hybridized carbons (Fsp3) is 0.733. The smallest absolute Gasteiger partial charge is 0.134 e. The van der Waals surface area contributed by atoms with Gasteiger partial charge in [0.25, 0.3) is 0 Å². The molecule has 0 saturated heterocycles. The van der Waals surface area contributed by atoms with Crippen molar-refractivity contribution in [2.45, 2.75) is 58.4 Å². The fourth-order valence-electron chi connectivity index (χ4n) is 2.73. The van der Waals surface area contributed by atoms with Crippen LogP contribution >= 0.6 is 0 Å². The fourth-order valence-corrected chi connectivity index (χ4v) is 2.73. The first kappa shape index (κ1) is 14.1. The van der Waals surface area contributed by atoms with Gasteiger partial charge >= 0.3 is 0 Å². The van der Waals surface area contributed by atoms with E-state index in [1.807, 2.05) is 6.92 Å². The Morgan fingerprint density at radius 2 is 2.00 bits per heavy atom. The van der Waals surface area contributed by atoms with Gasteiger partial charge in [0.1, 0.15) is 17.5 Å². The Kier molecular flexibility index (Phi) is 5.00. The molecule has 0 aliphatic heterocycles. The highest BCUT2D eigenvalue weighted by atomic mass is 15.2. The summed E-state index contributed by atoms with van der Waals surface area (Å²) in [6.45, 7) is 5.09. The van der Waals surface area contributed by atoms with Gasteiger partial charge < -0.3 is 10.2 Å². The molecule has 0 atom stereocenters. The second-order valence-electron chi connectivity index (χ2n) is 5.49. The first-order chi connectivity index (χ1) is 9.20. The van der Waals surface area contributed by atoms with Crippen molar-refractivity contribution in [2.24, 2.45) is 0 Å². The number of hydrogen-bond donors (Lipinski definition) is 1. The molecular formula is C15H26N4. The van der Waals surface area contributed by atoms with E-state index in [1.54, 1.807) is 0 Å². The summed E-state index contributed by atoms with van der Waals surface area (Å²) in [5.41, 5.74) is 0. The number of anilines is 2. The van der Waals surface area contributed by atoms with Crippen molar-refractivity contribution in [1.29, 1.82) is 0 Å². The standard InChI is InChI=1S/C15H26N4/c1-4-10-16-14-11-15(18-12(2)17-14)19(3)13-8-6-5-7-9-13/h11,13H,4-10H2,1-3H3,(H,16,17,18). The van der Waals surface area contributed by atoms with Crippen LogP contribution in [0.4, 0.5) is 11.6 Å². The number of hydrogen-bond acceptors (Lipinski definition) is 4. The zero-order valence-corrected chi connectivity index (χ0v) is 12.4. The van der Waals surface area contributed by atoms with Gasteiger partial charge in [-0.1, -0.05) is 26.2 Å². The van der Waals surface area contributed by atoms with Gasteiger partial charge in [-0.25, -0.2) is 9.97 Å². The zero-order chi connectivity index (χ0) is 13.7. The second-order valence-corrected chi connectivity index (χ2v) is 5.49. The van der Waals surface area contributed by atoms with Crippen LogP contribution in [0, 0.1) is 6.92 Å². The molecule has 106 valence electrons. The van der Waals surface area contributed by atoms with Gasteiger partial charge in [0.15, 0.2) is 0 Å². The van der Waals surface area contributed by atoms with Crippen LogP contribution in [0.3, 0.4) is 0 Å². The topological polar surface area (TPSA) is 41.0 Å². The Labute approximate surface area is 116 Å². The third kappa shape index (κ3) is 3.82. The van der Waals surface area contributed by atoms with Crippen LogP contribution in [0.25, 0.3) is 0 Å². The highest BCUT2D eigenvalue weighted by Crippen LogP contribution is 2.26. The first-order valence-electron chi connectivity index (χ1n) is 7.53. The molecule has 1 aromatic heterocycles. The predicted molar refractivity (Wildman–Crippen MR) is 80.8 cm³/mol. The Morgan fingerprint density at radius 1 is 1.26 bits per heavy atom. The quantitative estimate of drug-likeness (QED) is 0.883. The van der Waals surface area contributed by atoms with Crippen LogP contribution < -0.4 is 10.2 Å². The van der Waals surface area contributed by atoms with Gasteiger partial charge in [-0.05, 0) is 26.2 Å². The van der Waals surface area contributed by atoms with E-state index in [4.69, 9.17) is 0 Å². The van der Waals surface area contributed by atoms with E-state index in [0.29, 0.717) is 6.04 Å². The summed E-state index contributed by atoms with van der Waals surface area (Å²) in [6, 6.07) is 2.72. The minimum atomic E-state index is 0.641. The van der Waals surface area contributed by atoms with Crippen LogP contribution in [0.1, 0.15) is 51.3 Å². The van der Waals surface area contributed by atoms with E-state index in [2.05, 4.69) is 40.2 Å². The predicted octanol–water partition coefficient (Wildman–Crippen LogP) is 3.38.